The Morgan fingerprint density at radius 3 is 2.13 bits per heavy atom. The van der Waals surface area contributed by atoms with Crippen molar-refractivity contribution < 1.29 is 14.6 Å². The summed E-state index contributed by atoms with van der Waals surface area (Å²) in [5, 5.41) is 11.6. The number of pyridine rings is 1. The zero-order valence-corrected chi connectivity index (χ0v) is 22.2. The van der Waals surface area contributed by atoms with Crippen LogP contribution in [0.2, 0.25) is 0 Å². The molecule has 1 fully saturated rings. The summed E-state index contributed by atoms with van der Waals surface area (Å²) >= 11 is 0. The Hall–Kier alpha value is -3.78. The van der Waals surface area contributed by atoms with Crippen molar-refractivity contribution >= 4 is 16.8 Å². The molecule has 0 spiro atoms. The number of aromatic nitrogens is 1. The third-order valence-corrected chi connectivity index (χ3v) is 7.11. The van der Waals surface area contributed by atoms with Crippen molar-refractivity contribution in [1.29, 1.82) is 0 Å². The number of hydrogen-bond donors (Lipinski definition) is 1. The van der Waals surface area contributed by atoms with Gasteiger partial charge >= 0.3 is 0 Å². The summed E-state index contributed by atoms with van der Waals surface area (Å²) in [7, 11) is 0. The van der Waals surface area contributed by atoms with Gasteiger partial charge in [0, 0.05) is 57.4 Å². The number of benzene rings is 3. The molecule has 1 N–H and O–H groups in total. The second-order valence-corrected chi connectivity index (χ2v) is 10.1. The molecule has 1 aliphatic heterocycles. The lowest BCUT2D eigenvalue weighted by Crippen LogP contribution is -2.51. The molecular weight excluding hydrogens is 488 g/mol. The monoisotopic (exact) mass is 524 g/mol. The van der Waals surface area contributed by atoms with Crippen molar-refractivity contribution in [3.8, 4) is 5.75 Å². The molecule has 202 valence electrons. The average Bonchev–Trinajstić information content (AvgIpc) is 2.98. The summed E-state index contributed by atoms with van der Waals surface area (Å²) in [4.78, 5) is 24.2. The Labute approximate surface area is 230 Å². The molecule has 39 heavy (non-hydrogen) atoms. The smallest absolute Gasteiger partial charge is 0.237 e. The van der Waals surface area contributed by atoms with E-state index in [2.05, 4.69) is 39.0 Å². The van der Waals surface area contributed by atoms with Gasteiger partial charge in [-0.2, -0.15) is 0 Å². The van der Waals surface area contributed by atoms with Crippen LogP contribution in [0, 0.1) is 0 Å². The van der Waals surface area contributed by atoms with E-state index in [4.69, 9.17) is 4.74 Å². The molecule has 0 bridgehead atoms. The number of hydrogen-bond acceptors (Lipinski definition) is 6. The van der Waals surface area contributed by atoms with Gasteiger partial charge in [-0.1, -0.05) is 66.7 Å². The van der Waals surface area contributed by atoms with Gasteiger partial charge in [-0.25, -0.2) is 0 Å². The van der Waals surface area contributed by atoms with Gasteiger partial charge in [0.2, 0.25) is 5.91 Å². The molecule has 0 aliphatic carbocycles. The SMILES string of the molecule is O=C(CN1CCN(C[C@@H](O)COc2cccc3ncccc23)CC1)N(Cc1ccccc1)Cc1ccccc1. The van der Waals surface area contributed by atoms with Gasteiger partial charge < -0.3 is 14.7 Å². The molecular formula is C32H36N4O3. The maximum absolute atomic E-state index is 13.4. The normalized spacial score (nSPS) is 15.2. The van der Waals surface area contributed by atoms with Gasteiger partial charge in [0.1, 0.15) is 18.5 Å². The Balaban J connectivity index is 1.10. The van der Waals surface area contributed by atoms with Gasteiger partial charge in [-0.15, -0.1) is 0 Å². The molecule has 0 radical (unpaired) electrons. The average molecular weight is 525 g/mol. The number of nitrogens with zero attached hydrogens (tertiary/aromatic N) is 4. The highest BCUT2D eigenvalue weighted by molar-refractivity contribution is 5.84. The van der Waals surface area contributed by atoms with Crippen molar-refractivity contribution in [3.05, 3.63) is 108 Å². The van der Waals surface area contributed by atoms with Gasteiger partial charge in [-0.05, 0) is 35.4 Å². The predicted molar refractivity (Wildman–Crippen MR) is 153 cm³/mol. The maximum atomic E-state index is 13.4. The van der Waals surface area contributed by atoms with E-state index >= 15 is 0 Å². The molecule has 0 unspecified atom stereocenters. The zero-order valence-electron chi connectivity index (χ0n) is 22.2. The van der Waals surface area contributed by atoms with E-state index in [0.717, 1.165) is 54.0 Å². The lowest BCUT2D eigenvalue weighted by Gasteiger charge is -2.36. The van der Waals surface area contributed by atoms with Crippen LogP contribution in [0.1, 0.15) is 11.1 Å². The summed E-state index contributed by atoms with van der Waals surface area (Å²) in [5.41, 5.74) is 3.13. The second-order valence-electron chi connectivity index (χ2n) is 10.1. The highest BCUT2D eigenvalue weighted by atomic mass is 16.5. The fraction of sp³-hybridized carbons (Fsp3) is 0.312. The lowest BCUT2D eigenvalue weighted by molar-refractivity contribution is -0.134. The quantitative estimate of drug-likeness (QED) is 0.322. The third-order valence-electron chi connectivity index (χ3n) is 7.11. The number of carbonyl (C=O) groups is 1. The van der Waals surface area contributed by atoms with Crippen LogP contribution in [0.3, 0.4) is 0 Å². The summed E-state index contributed by atoms with van der Waals surface area (Å²) < 4.78 is 5.94. The molecule has 1 saturated heterocycles. The first-order chi connectivity index (χ1) is 19.1. The number of carbonyl (C=O) groups excluding carboxylic acids is 1. The van der Waals surface area contributed by atoms with Crippen molar-refractivity contribution in [2.45, 2.75) is 19.2 Å². The van der Waals surface area contributed by atoms with Crippen molar-refractivity contribution in [3.63, 3.8) is 0 Å². The fourth-order valence-electron chi connectivity index (χ4n) is 5.00. The number of fused-ring (bicyclic) bond motifs is 1. The first-order valence-electron chi connectivity index (χ1n) is 13.6. The van der Waals surface area contributed by atoms with Crippen LogP contribution in [0.15, 0.2) is 97.2 Å². The Kier molecular flexibility index (Phi) is 9.17. The van der Waals surface area contributed by atoms with Crippen LogP contribution in [-0.2, 0) is 17.9 Å². The first-order valence-corrected chi connectivity index (χ1v) is 13.6. The molecule has 1 amide bonds. The molecule has 3 aromatic carbocycles. The number of ether oxygens (including phenoxy) is 1. The maximum Gasteiger partial charge on any atom is 0.237 e. The molecule has 1 aliphatic rings. The zero-order chi connectivity index (χ0) is 26.9. The van der Waals surface area contributed by atoms with E-state index in [1.165, 1.54) is 0 Å². The van der Waals surface area contributed by atoms with Crippen molar-refractivity contribution in [1.82, 2.24) is 19.7 Å². The van der Waals surface area contributed by atoms with Crippen molar-refractivity contribution in [2.24, 2.45) is 0 Å². The van der Waals surface area contributed by atoms with E-state index in [-0.39, 0.29) is 12.5 Å². The minimum atomic E-state index is -0.600. The van der Waals surface area contributed by atoms with E-state index in [1.807, 2.05) is 71.6 Å². The van der Waals surface area contributed by atoms with Gasteiger partial charge in [-0.3, -0.25) is 19.6 Å². The van der Waals surface area contributed by atoms with Crippen LogP contribution in [0.25, 0.3) is 10.9 Å². The molecule has 5 rings (SSSR count). The molecule has 1 aromatic heterocycles. The summed E-state index contributed by atoms with van der Waals surface area (Å²) in [5.74, 6) is 0.868. The summed E-state index contributed by atoms with van der Waals surface area (Å²) in [6, 6.07) is 29.9. The van der Waals surface area contributed by atoms with E-state index in [0.29, 0.717) is 26.2 Å². The Bertz CT molecular complexity index is 1280. The van der Waals surface area contributed by atoms with Gasteiger partial charge in [0.25, 0.3) is 0 Å². The standard InChI is InChI=1S/C32H36N4O3/c37-28(25-39-31-15-7-14-30-29(31)13-8-16-33-30)23-34-17-19-35(20-18-34)24-32(38)36(21-26-9-3-1-4-10-26)22-27-11-5-2-6-12-27/h1-16,28,37H,17-25H2/t28-/m1/s1. The summed E-state index contributed by atoms with van der Waals surface area (Å²) in [6.07, 6.45) is 1.16. The van der Waals surface area contributed by atoms with E-state index in [9.17, 15) is 9.90 Å². The number of aliphatic hydroxyl groups is 1. The molecule has 0 saturated carbocycles. The van der Waals surface area contributed by atoms with Crippen LogP contribution >= 0.6 is 0 Å². The topological polar surface area (TPSA) is 69.1 Å². The highest BCUT2D eigenvalue weighted by Gasteiger charge is 2.23. The van der Waals surface area contributed by atoms with Crippen LogP contribution < -0.4 is 4.74 Å². The van der Waals surface area contributed by atoms with Gasteiger partial charge in [0.15, 0.2) is 0 Å². The molecule has 1 atom stereocenters. The van der Waals surface area contributed by atoms with E-state index in [1.54, 1.807) is 6.20 Å². The second kappa shape index (κ2) is 13.3. The minimum absolute atomic E-state index is 0.133. The van der Waals surface area contributed by atoms with Gasteiger partial charge in [0.05, 0.1) is 12.1 Å². The highest BCUT2D eigenvalue weighted by Crippen LogP contribution is 2.23. The number of piperazine rings is 1. The molecule has 4 aromatic rings. The molecule has 7 heteroatoms. The Morgan fingerprint density at radius 1 is 0.821 bits per heavy atom. The first kappa shape index (κ1) is 26.8. The molecule has 2 heterocycles. The summed E-state index contributed by atoms with van der Waals surface area (Å²) in [6.45, 7) is 5.53. The lowest BCUT2D eigenvalue weighted by atomic mass is 10.1. The van der Waals surface area contributed by atoms with Crippen LogP contribution in [0.4, 0.5) is 0 Å². The third kappa shape index (κ3) is 7.63. The minimum Gasteiger partial charge on any atom is -0.490 e. The van der Waals surface area contributed by atoms with Crippen LogP contribution in [0.5, 0.6) is 5.75 Å². The van der Waals surface area contributed by atoms with Crippen molar-refractivity contribution in [2.75, 3.05) is 45.9 Å². The largest absolute Gasteiger partial charge is 0.490 e. The van der Waals surface area contributed by atoms with Crippen LogP contribution in [-0.4, -0.2) is 82.7 Å². The number of aliphatic hydroxyl groups excluding tert-OH is 1. The predicted octanol–water partition coefficient (Wildman–Crippen LogP) is 3.82. The van der Waals surface area contributed by atoms with E-state index < -0.39 is 6.10 Å². The number of amides is 1. The number of β-amino-alcohol motifs (C(OH)–C–C–N with tert-alkyl or cyclic N) is 1. The fourth-order valence-corrected chi connectivity index (χ4v) is 5.00. The number of rotatable bonds is 11. The molecule has 7 nitrogen and oxygen atoms in total. The Morgan fingerprint density at radius 2 is 1.46 bits per heavy atom.